The molecule has 0 aliphatic heterocycles. The van der Waals surface area contributed by atoms with Crippen LogP contribution in [0.1, 0.15) is 25.7 Å². The summed E-state index contributed by atoms with van der Waals surface area (Å²) in [6.07, 6.45) is -1.19. The summed E-state index contributed by atoms with van der Waals surface area (Å²) >= 11 is 0. The number of aliphatic carboxylic acids is 4. The zero-order valence-corrected chi connectivity index (χ0v) is 12.7. The quantitative estimate of drug-likeness (QED) is 0.399. The molecule has 0 bridgehead atoms. The first kappa shape index (κ1) is 23.0. The monoisotopic (exact) mass is 344 g/mol. The van der Waals surface area contributed by atoms with E-state index in [1.807, 2.05) is 6.07 Å². The molecule has 0 spiro atoms. The average Bonchev–Trinajstić information content (AvgIpc) is 2.44. The highest BCUT2D eigenvalue weighted by molar-refractivity contribution is 5.75. The molecule has 0 amide bonds. The molecule has 0 fully saturated rings. The summed E-state index contributed by atoms with van der Waals surface area (Å²) < 4.78 is 0. The van der Waals surface area contributed by atoms with Gasteiger partial charge in [0.05, 0.1) is 25.7 Å². The highest BCUT2D eigenvalue weighted by Gasteiger charge is 2.01. The Bertz CT molecular complexity index is 486. The van der Waals surface area contributed by atoms with Gasteiger partial charge in [0.1, 0.15) is 0 Å². The van der Waals surface area contributed by atoms with E-state index in [1.54, 1.807) is 18.2 Å². The Labute approximate surface area is 137 Å². The van der Waals surface area contributed by atoms with Gasteiger partial charge < -0.3 is 31.9 Å². The van der Waals surface area contributed by atoms with E-state index in [1.165, 1.54) is 0 Å². The van der Waals surface area contributed by atoms with Gasteiger partial charge in [-0.2, -0.15) is 0 Å². The first-order valence-corrected chi connectivity index (χ1v) is 6.52. The van der Waals surface area contributed by atoms with Gasteiger partial charge in [0.15, 0.2) is 0 Å². The van der Waals surface area contributed by atoms with Crippen LogP contribution in [0.25, 0.3) is 0 Å². The smallest absolute Gasteiger partial charge is 0.303 e. The van der Waals surface area contributed by atoms with Crippen molar-refractivity contribution in [2.75, 3.05) is 11.5 Å². The predicted octanol–water partition coefficient (Wildman–Crippen LogP) is 0.723. The topological polar surface area (TPSA) is 201 Å². The fraction of sp³-hybridized carbons (Fsp3) is 0.286. The van der Waals surface area contributed by atoms with E-state index in [2.05, 4.69) is 0 Å². The second-order valence-corrected chi connectivity index (χ2v) is 4.25. The van der Waals surface area contributed by atoms with E-state index in [9.17, 15) is 19.2 Å². The van der Waals surface area contributed by atoms with Crippen molar-refractivity contribution in [2.24, 2.45) is 0 Å². The Morgan fingerprint density at radius 2 is 0.917 bits per heavy atom. The predicted molar refractivity (Wildman–Crippen MR) is 84.3 cm³/mol. The van der Waals surface area contributed by atoms with Crippen molar-refractivity contribution in [3.63, 3.8) is 0 Å². The van der Waals surface area contributed by atoms with Crippen LogP contribution >= 0.6 is 0 Å². The van der Waals surface area contributed by atoms with E-state index in [0.29, 0.717) is 11.4 Å². The van der Waals surface area contributed by atoms with Crippen LogP contribution in [0.2, 0.25) is 0 Å². The maximum Gasteiger partial charge on any atom is 0.303 e. The fourth-order valence-corrected chi connectivity index (χ4v) is 0.987. The Morgan fingerprint density at radius 1 is 0.667 bits per heavy atom. The van der Waals surface area contributed by atoms with Crippen molar-refractivity contribution in [3.8, 4) is 0 Å². The van der Waals surface area contributed by atoms with E-state index >= 15 is 0 Å². The lowest BCUT2D eigenvalue weighted by atomic mass is 10.3. The third-order valence-corrected chi connectivity index (χ3v) is 2.02. The molecule has 1 aromatic carbocycles. The molecule has 0 saturated carbocycles. The van der Waals surface area contributed by atoms with E-state index in [0.717, 1.165) is 0 Å². The van der Waals surface area contributed by atoms with Crippen molar-refractivity contribution >= 4 is 35.3 Å². The molecular formula is C14H20N2O8. The van der Waals surface area contributed by atoms with Gasteiger partial charge in [-0.05, 0) is 18.2 Å². The Hall–Kier alpha value is -3.30. The third-order valence-electron chi connectivity index (χ3n) is 2.02. The van der Waals surface area contributed by atoms with Crippen LogP contribution in [0.3, 0.4) is 0 Å². The Morgan fingerprint density at radius 3 is 1.04 bits per heavy atom. The van der Waals surface area contributed by atoms with E-state index in [-0.39, 0.29) is 25.7 Å². The molecule has 0 saturated heterocycles. The van der Waals surface area contributed by atoms with Gasteiger partial charge in [-0.1, -0.05) is 6.07 Å². The average molecular weight is 344 g/mol. The molecule has 0 atom stereocenters. The molecule has 24 heavy (non-hydrogen) atoms. The fourth-order valence-electron chi connectivity index (χ4n) is 0.987. The maximum atomic E-state index is 9.64. The minimum atomic E-state index is -1.08. The summed E-state index contributed by atoms with van der Waals surface area (Å²) in [5.41, 5.74) is 12.2. The second-order valence-electron chi connectivity index (χ2n) is 4.25. The molecule has 1 rings (SSSR count). The minimum absolute atomic E-state index is 0.296. The summed E-state index contributed by atoms with van der Waals surface area (Å²) in [4.78, 5) is 38.6. The van der Waals surface area contributed by atoms with Crippen molar-refractivity contribution < 1.29 is 39.6 Å². The Kier molecular flexibility index (Phi) is 12.8. The number of benzene rings is 1. The summed E-state index contributed by atoms with van der Waals surface area (Å²) in [6, 6.07) is 7.15. The number of carboxylic acid groups (broad SMARTS) is 4. The minimum Gasteiger partial charge on any atom is -0.481 e. The lowest BCUT2D eigenvalue weighted by molar-refractivity contribution is -0.143. The molecule has 0 radical (unpaired) electrons. The largest absolute Gasteiger partial charge is 0.481 e. The molecule has 0 aliphatic rings. The van der Waals surface area contributed by atoms with Crippen LogP contribution < -0.4 is 11.5 Å². The van der Waals surface area contributed by atoms with E-state index in [4.69, 9.17) is 31.9 Å². The highest BCUT2D eigenvalue weighted by atomic mass is 16.4. The summed E-state index contributed by atoms with van der Waals surface area (Å²) in [5.74, 6) is -4.31. The molecule has 10 nitrogen and oxygen atoms in total. The first-order valence-electron chi connectivity index (χ1n) is 6.52. The number of hydrogen-bond acceptors (Lipinski definition) is 6. The van der Waals surface area contributed by atoms with Crippen LogP contribution in [0.15, 0.2) is 24.3 Å². The molecule has 8 N–H and O–H groups in total. The van der Waals surface area contributed by atoms with Gasteiger partial charge in [-0.25, -0.2) is 0 Å². The standard InChI is InChI=1S/C6H8N2.2C4H6O4/c7-5-2-1-3-6(8)4-5;2*5-3(6)1-2-4(7)8/h1-4H,7-8H2;2*1-2H2,(H,5,6)(H,7,8). The summed E-state index contributed by atoms with van der Waals surface area (Å²) in [5, 5.41) is 31.6. The number of nitrogens with two attached hydrogens (primary N) is 2. The van der Waals surface area contributed by atoms with Crippen LogP contribution in [0.4, 0.5) is 11.4 Å². The van der Waals surface area contributed by atoms with Gasteiger partial charge >= 0.3 is 23.9 Å². The number of rotatable bonds is 6. The number of carboxylic acids is 4. The lowest BCUT2D eigenvalue weighted by Crippen LogP contribution is -2.00. The maximum absolute atomic E-state index is 9.64. The molecule has 10 heteroatoms. The summed E-state index contributed by atoms with van der Waals surface area (Å²) in [6.45, 7) is 0. The second kappa shape index (κ2) is 13.4. The van der Waals surface area contributed by atoms with Crippen LogP contribution in [-0.4, -0.2) is 44.3 Å². The zero-order chi connectivity index (χ0) is 19.1. The number of hydrogen-bond donors (Lipinski definition) is 6. The van der Waals surface area contributed by atoms with Crippen LogP contribution in [0, 0.1) is 0 Å². The molecule has 0 heterocycles. The molecule has 0 aromatic heterocycles. The number of carbonyl (C=O) groups is 4. The van der Waals surface area contributed by atoms with Gasteiger partial charge in [0.25, 0.3) is 0 Å². The Balaban J connectivity index is 0. The molecule has 0 unspecified atom stereocenters. The lowest BCUT2D eigenvalue weighted by Gasteiger charge is -1.91. The third kappa shape index (κ3) is 21.0. The number of nitrogen functional groups attached to an aromatic ring is 2. The van der Waals surface area contributed by atoms with E-state index < -0.39 is 23.9 Å². The highest BCUT2D eigenvalue weighted by Crippen LogP contribution is 2.06. The number of anilines is 2. The summed E-state index contributed by atoms with van der Waals surface area (Å²) in [7, 11) is 0. The van der Waals surface area contributed by atoms with Crippen molar-refractivity contribution in [3.05, 3.63) is 24.3 Å². The molecule has 134 valence electrons. The normalized spacial score (nSPS) is 8.67. The van der Waals surface area contributed by atoms with Crippen LogP contribution in [-0.2, 0) is 19.2 Å². The molecular weight excluding hydrogens is 324 g/mol. The van der Waals surface area contributed by atoms with Crippen molar-refractivity contribution in [2.45, 2.75) is 25.7 Å². The SMILES string of the molecule is Nc1cccc(N)c1.O=C(O)CCC(=O)O.O=C(O)CCC(=O)O. The van der Waals surface area contributed by atoms with Gasteiger partial charge in [0.2, 0.25) is 0 Å². The van der Waals surface area contributed by atoms with Crippen molar-refractivity contribution in [1.29, 1.82) is 0 Å². The van der Waals surface area contributed by atoms with Gasteiger partial charge in [-0.3, -0.25) is 19.2 Å². The molecule has 0 aliphatic carbocycles. The van der Waals surface area contributed by atoms with Crippen LogP contribution in [0.5, 0.6) is 0 Å². The molecule has 1 aromatic rings. The van der Waals surface area contributed by atoms with Gasteiger partial charge in [-0.15, -0.1) is 0 Å². The first-order chi connectivity index (χ1) is 11.0. The zero-order valence-electron chi connectivity index (χ0n) is 12.7. The van der Waals surface area contributed by atoms with Gasteiger partial charge in [0, 0.05) is 11.4 Å². The van der Waals surface area contributed by atoms with Crippen molar-refractivity contribution in [1.82, 2.24) is 0 Å².